The zero-order chi connectivity index (χ0) is 13.0. The van der Waals surface area contributed by atoms with E-state index in [1.807, 2.05) is 17.5 Å². The first-order chi connectivity index (χ1) is 8.66. The number of aliphatic hydroxyl groups is 1. The summed E-state index contributed by atoms with van der Waals surface area (Å²) in [5.41, 5.74) is 5.87. The van der Waals surface area contributed by atoms with E-state index in [4.69, 9.17) is 5.73 Å². The van der Waals surface area contributed by atoms with Crippen LogP contribution in [0, 0.1) is 5.92 Å². The summed E-state index contributed by atoms with van der Waals surface area (Å²) in [5, 5.41) is 14.4. The van der Waals surface area contributed by atoms with Crippen molar-refractivity contribution in [2.24, 2.45) is 11.7 Å². The fourth-order valence-electron chi connectivity index (χ4n) is 2.40. The molecular weight excluding hydrogens is 248 g/mol. The summed E-state index contributed by atoms with van der Waals surface area (Å²) < 4.78 is 0. The number of nitrogens with two attached hydrogens (primary N) is 1. The van der Waals surface area contributed by atoms with Gasteiger partial charge in [-0.25, -0.2) is 0 Å². The molecule has 3 unspecified atom stereocenters. The molecule has 1 aromatic rings. The van der Waals surface area contributed by atoms with Crippen LogP contribution in [0.1, 0.15) is 36.6 Å². The minimum Gasteiger partial charge on any atom is -0.393 e. The molecule has 0 radical (unpaired) electrons. The Balaban J connectivity index is 1.77. The Morgan fingerprint density at radius 2 is 2.44 bits per heavy atom. The Labute approximate surface area is 111 Å². The number of hydrogen-bond acceptors (Lipinski definition) is 4. The largest absolute Gasteiger partial charge is 0.393 e. The minimum atomic E-state index is -0.571. The lowest BCUT2D eigenvalue weighted by Gasteiger charge is -2.26. The number of amides is 1. The average Bonchev–Trinajstić information content (AvgIpc) is 2.89. The van der Waals surface area contributed by atoms with Crippen molar-refractivity contribution in [2.45, 2.75) is 37.8 Å². The number of carbonyl (C=O) groups is 1. The quantitative estimate of drug-likeness (QED) is 0.773. The third-order valence-electron chi connectivity index (χ3n) is 3.45. The van der Waals surface area contributed by atoms with Gasteiger partial charge in [0, 0.05) is 11.4 Å². The van der Waals surface area contributed by atoms with Crippen LogP contribution in [0.4, 0.5) is 0 Å². The van der Waals surface area contributed by atoms with Gasteiger partial charge in [-0.1, -0.05) is 12.5 Å². The van der Waals surface area contributed by atoms with E-state index in [0.717, 1.165) is 30.6 Å². The topological polar surface area (TPSA) is 75.4 Å². The highest BCUT2D eigenvalue weighted by Crippen LogP contribution is 2.23. The Morgan fingerprint density at radius 3 is 3.11 bits per heavy atom. The molecule has 0 bridgehead atoms. The molecule has 2 rings (SSSR count). The molecule has 1 fully saturated rings. The first kappa shape index (κ1) is 13.5. The fraction of sp³-hybridized carbons (Fsp3) is 0.615. The van der Waals surface area contributed by atoms with E-state index in [1.54, 1.807) is 0 Å². The van der Waals surface area contributed by atoms with Crippen LogP contribution >= 0.6 is 11.3 Å². The second kappa shape index (κ2) is 6.31. The van der Waals surface area contributed by atoms with Crippen molar-refractivity contribution in [3.8, 4) is 0 Å². The van der Waals surface area contributed by atoms with Gasteiger partial charge >= 0.3 is 0 Å². The Bertz CT molecular complexity index is 380. The predicted molar refractivity (Wildman–Crippen MR) is 72.2 cm³/mol. The highest BCUT2D eigenvalue weighted by molar-refractivity contribution is 7.10. The third-order valence-corrected chi connectivity index (χ3v) is 4.41. The molecule has 1 amide bonds. The van der Waals surface area contributed by atoms with E-state index < -0.39 is 6.04 Å². The first-order valence-corrected chi connectivity index (χ1v) is 7.29. The van der Waals surface area contributed by atoms with Crippen LogP contribution in [0.3, 0.4) is 0 Å². The zero-order valence-corrected chi connectivity index (χ0v) is 11.2. The lowest BCUT2D eigenvalue weighted by molar-refractivity contribution is -0.122. The zero-order valence-electron chi connectivity index (χ0n) is 10.3. The van der Waals surface area contributed by atoms with Crippen molar-refractivity contribution in [3.63, 3.8) is 0 Å². The molecular formula is C13H20N2O2S. The van der Waals surface area contributed by atoms with E-state index in [2.05, 4.69) is 5.32 Å². The average molecular weight is 268 g/mol. The summed E-state index contributed by atoms with van der Waals surface area (Å²) in [6.45, 7) is 0.620. The maximum atomic E-state index is 11.9. The van der Waals surface area contributed by atoms with Crippen molar-refractivity contribution in [1.29, 1.82) is 0 Å². The molecule has 0 saturated heterocycles. The lowest BCUT2D eigenvalue weighted by atomic mass is 9.87. The standard InChI is InChI=1S/C13H20N2O2S/c14-12(11-5-2-6-18-11)13(17)15-8-9-3-1-4-10(16)7-9/h2,5-6,9-10,12,16H,1,3-4,7-8,14H2,(H,15,17). The first-order valence-electron chi connectivity index (χ1n) is 6.41. The second-order valence-electron chi connectivity index (χ2n) is 4.92. The van der Waals surface area contributed by atoms with Crippen LogP contribution in [0.2, 0.25) is 0 Å². The molecule has 0 spiro atoms. The van der Waals surface area contributed by atoms with Crippen LogP contribution in [-0.4, -0.2) is 23.7 Å². The molecule has 1 aliphatic rings. The summed E-state index contributed by atoms with van der Waals surface area (Å²) in [6, 6.07) is 3.20. The monoisotopic (exact) mass is 268 g/mol. The molecule has 0 aromatic carbocycles. The molecule has 1 aromatic heterocycles. The molecule has 1 saturated carbocycles. The number of aliphatic hydroxyl groups excluding tert-OH is 1. The van der Waals surface area contributed by atoms with Gasteiger partial charge in [0.2, 0.25) is 5.91 Å². The summed E-state index contributed by atoms with van der Waals surface area (Å²) in [6.07, 6.45) is 3.59. The third kappa shape index (κ3) is 3.54. The maximum Gasteiger partial charge on any atom is 0.242 e. The predicted octanol–water partition coefficient (Wildman–Crippen LogP) is 1.42. The summed E-state index contributed by atoms with van der Waals surface area (Å²) in [4.78, 5) is 12.8. The fourth-order valence-corrected chi connectivity index (χ4v) is 3.13. The van der Waals surface area contributed by atoms with Gasteiger partial charge in [0.1, 0.15) is 6.04 Å². The lowest BCUT2D eigenvalue weighted by Crippen LogP contribution is -2.38. The molecule has 100 valence electrons. The number of rotatable bonds is 4. The van der Waals surface area contributed by atoms with Crippen LogP contribution in [0.15, 0.2) is 17.5 Å². The normalized spacial score (nSPS) is 25.7. The Hall–Kier alpha value is -0.910. The minimum absolute atomic E-state index is 0.127. The van der Waals surface area contributed by atoms with Gasteiger partial charge in [-0.15, -0.1) is 11.3 Å². The van der Waals surface area contributed by atoms with Crippen LogP contribution in [0.25, 0.3) is 0 Å². The molecule has 18 heavy (non-hydrogen) atoms. The smallest absolute Gasteiger partial charge is 0.242 e. The maximum absolute atomic E-state index is 11.9. The van der Waals surface area contributed by atoms with Gasteiger partial charge in [0.05, 0.1) is 6.10 Å². The molecule has 5 heteroatoms. The van der Waals surface area contributed by atoms with E-state index in [0.29, 0.717) is 12.5 Å². The van der Waals surface area contributed by atoms with Gasteiger partial charge < -0.3 is 16.2 Å². The Morgan fingerprint density at radius 1 is 1.61 bits per heavy atom. The number of nitrogens with one attached hydrogen (secondary N) is 1. The van der Waals surface area contributed by atoms with Crippen molar-refractivity contribution in [3.05, 3.63) is 22.4 Å². The van der Waals surface area contributed by atoms with Crippen LogP contribution in [-0.2, 0) is 4.79 Å². The molecule has 1 aliphatic carbocycles. The number of thiophene rings is 1. The summed E-state index contributed by atoms with van der Waals surface area (Å²) in [5.74, 6) is 0.255. The number of hydrogen-bond donors (Lipinski definition) is 3. The van der Waals surface area contributed by atoms with Crippen LogP contribution in [0.5, 0.6) is 0 Å². The Kier molecular flexibility index (Phi) is 4.74. The van der Waals surface area contributed by atoms with Gasteiger partial charge in [-0.3, -0.25) is 4.79 Å². The van der Waals surface area contributed by atoms with Crippen molar-refractivity contribution in [1.82, 2.24) is 5.32 Å². The highest BCUT2D eigenvalue weighted by Gasteiger charge is 2.22. The van der Waals surface area contributed by atoms with Crippen molar-refractivity contribution in [2.75, 3.05) is 6.54 Å². The molecule has 4 N–H and O–H groups in total. The molecule has 0 aliphatic heterocycles. The van der Waals surface area contributed by atoms with Gasteiger partial charge in [-0.2, -0.15) is 0 Å². The van der Waals surface area contributed by atoms with E-state index in [1.165, 1.54) is 11.3 Å². The molecule has 1 heterocycles. The van der Waals surface area contributed by atoms with E-state index in [9.17, 15) is 9.90 Å². The van der Waals surface area contributed by atoms with Gasteiger partial charge in [-0.05, 0) is 36.6 Å². The van der Waals surface area contributed by atoms with Crippen molar-refractivity contribution < 1.29 is 9.90 Å². The highest BCUT2D eigenvalue weighted by atomic mass is 32.1. The van der Waals surface area contributed by atoms with E-state index in [-0.39, 0.29) is 12.0 Å². The van der Waals surface area contributed by atoms with Crippen LogP contribution < -0.4 is 11.1 Å². The van der Waals surface area contributed by atoms with Gasteiger partial charge in [0.15, 0.2) is 0 Å². The van der Waals surface area contributed by atoms with Gasteiger partial charge in [0.25, 0.3) is 0 Å². The second-order valence-corrected chi connectivity index (χ2v) is 5.90. The summed E-state index contributed by atoms with van der Waals surface area (Å²) >= 11 is 1.50. The SMILES string of the molecule is NC(C(=O)NCC1CCCC(O)C1)c1cccs1. The number of carbonyl (C=O) groups excluding carboxylic acids is 1. The van der Waals surface area contributed by atoms with Crippen molar-refractivity contribution >= 4 is 17.2 Å². The van der Waals surface area contributed by atoms with E-state index >= 15 is 0 Å². The summed E-state index contributed by atoms with van der Waals surface area (Å²) in [7, 11) is 0. The molecule has 4 nitrogen and oxygen atoms in total. The molecule has 3 atom stereocenters.